The zero-order valence-electron chi connectivity index (χ0n) is 16.9. The largest absolute Gasteiger partial charge is 0.493 e. The molecular formula is C20H25Cl2N5O2S. The lowest BCUT2D eigenvalue weighted by atomic mass is 10.2. The minimum atomic E-state index is 0. The highest BCUT2D eigenvalue weighted by Gasteiger charge is 2.07. The fraction of sp³-hybridized carbons (Fsp3) is 0.350. The van der Waals surface area contributed by atoms with Gasteiger partial charge in [-0.1, -0.05) is 41.6 Å². The summed E-state index contributed by atoms with van der Waals surface area (Å²) in [6, 6.07) is 13.6. The van der Waals surface area contributed by atoms with E-state index in [4.69, 9.17) is 21.1 Å². The zero-order chi connectivity index (χ0) is 20.5. The fourth-order valence-electron chi connectivity index (χ4n) is 2.67. The van der Waals surface area contributed by atoms with Crippen LogP contribution in [0.4, 0.5) is 0 Å². The molecule has 0 amide bonds. The number of halogens is 2. The van der Waals surface area contributed by atoms with E-state index in [9.17, 15) is 0 Å². The number of thioether (sulfide) groups is 1. The smallest absolute Gasteiger partial charge is 0.209 e. The Morgan fingerprint density at radius 2 is 2.00 bits per heavy atom. The van der Waals surface area contributed by atoms with Gasteiger partial charge in [-0.05, 0) is 58.8 Å². The van der Waals surface area contributed by atoms with E-state index in [0.29, 0.717) is 17.4 Å². The monoisotopic (exact) mass is 469 g/mol. The zero-order valence-corrected chi connectivity index (χ0v) is 19.3. The standard InChI is InChI=1S/C20H24ClN5O2S.ClH/c1-26-20(23-24-25-26)29-10-4-9-22-13-15-7-8-18(19(12-15)27-2)28-14-16-5-3-6-17(21)11-16;/h3,5-8,11-12,22H,4,9-10,13-14H2,1-2H3;1H. The molecule has 0 aliphatic heterocycles. The van der Waals surface area contributed by atoms with Crippen LogP contribution in [0.2, 0.25) is 5.02 Å². The number of hydrogen-bond acceptors (Lipinski definition) is 7. The number of aryl methyl sites for hydroxylation is 1. The summed E-state index contributed by atoms with van der Waals surface area (Å²) in [4.78, 5) is 0. The number of rotatable bonds is 11. The first-order chi connectivity index (χ1) is 14.2. The summed E-state index contributed by atoms with van der Waals surface area (Å²) >= 11 is 7.68. The van der Waals surface area contributed by atoms with Gasteiger partial charge in [-0.15, -0.1) is 17.5 Å². The number of benzene rings is 2. The van der Waals surface area contributed by atoms with Gasteiger partial charge in [0, 0.05) is 24.4 Å². The van der Waals surface area contributed by atoms with Gasteiger partial charge in [-0.3, -0.25) is 0 Å². The van der Waals surface area contributed by atoms with E-state index in [1.807, 2.05) is 49.5 Å². The second-order valence-corrected chi connectivity index (χ2v) is 7.87. The highest BCUT2D eigenvalue weighted by molar-refractivity contribution is 7.99. The Hall–Kier alpha value is -2.00. The Balaban J connectivity index is 0.00000320. The van der Waals surface area contributed by atoms with Gasteiger partial charge in [-0.2, -0.15) is 0 Å². The molecule has 3 rings (SSSR count). The summed E-state index contributed by atoms with van der Waals surface area (Å²) in [5.74, 6) is 2.39. The van der Waals surface area contributed by atoms with E-state index in [1.165, 1.54) is 0 Å². The third-order valence-electron chi connectivity index (χ3n) is 4.15. The molecule has 0 fully saturated rings. The van der Waals surface area contributed by atoms with Gasteiger partial charge < -0.3 is 14.8 Å². The molecule has 30 heavy (non-hydrogen) atoms. The predicted molar refractivity (Wildman–Crippen MR) is 122 cm³/mol. The molecule has 0 unspecified atom stereocenters. The first-order valence-electron chi connectivity index (χ1n) is 9.25. The third-order valence-corrected chi connectivity index (χ3v) is 5.48. The third kappa shape index (κ3) is 7.36. The Labute approximate surface area is 191 Å². The maximum atomic E-state index is 6.02. The summed E-state index contributed by atoms with van der Waals surface area (Å²) in [5.41, 5.74) is 2.15. The van der Waals surface area contributed by atoms with Crippen molar-refractivity contribution in [1.29, 1.82) is 0 Å². The molecule has 0 aliphatic carbocycles. The molecule has 162 valence electrons. The van der Waals surface area contributed by atoms with Crippen molar-refractivity contribution in [3.05, 3.63) is 58.6 Å². The van der Waals surface area contributed by atoms with Crippen molar-refractivity contribution >= 4 is 35.8 Å². The molecule has 0 saturated carbocycles. The molecule has 2 aromatic carbocycles. The van der Waals surface area contributed by atoms with Gasteiger partial charge in [0.2, 0.25) is 5.16 Å². The van der Waals surface area contributed by atoms with Gasteiger partial charge in [0.1, 0.15) is 6.61 Å². The van der Waals surface area contributed by atoms with Gasteiger partial charge in [0.05, 0.1) is 7.11 Å². The number of methoxy groups -OCH3 is 1. The highest BCUT2D eigenvalue weighted by Crippen LogP contribution is 2.29. The van der Waals surface area contributed by atoms with E-state index in [-0.39, 0.29) is 12.4 Å². The molecule has 10 heteroatoms. The van der Waals surface area contributed by atoms with Gasteiger partial charge in [0.25, 0.3) is 0 Å². The van der Waals surface area contributed by atoms with Crippen molar-refractivity contribution in [1.82, 2.24) is 25.5 Å². The van der Waals surface area contributed by atoms with Crippen LogP contribution in [0.5, 0.6) is 11.5 Å². The summed E-state index contributed by atoms with van der Waals surface area (Å²) in [7, 11) is 3.49. The lowest BCUT2D eigenvalue weighted by molar-refractivity contribution is 0.284. The van der Waals surface area contributed by atoms with Crippen LogP contribution < -0.4 is 14.8 Å². The summed E-state index contributed by atoms with van der Waals surface area (Å²) in [5, 5.41) is 16.4. The van der Waals surface area contributed by atoms with E-state index in [0.717, 1.165) is 47.3 Å². The maximum absolute atomic E-state index is 6.02. The van der Waals surface area contributed by atoms with Gasteiger partial charge in [-0.25, -0.2) is 4.68 Å². The maximum Gasteiger partial charge on any atom is 0.209 e. The molecule has 1 heterocycles. The number of nitrogens with zero attached hydrogens (tertiary/aromatic N) is 4. The van der Waals surface area contributed by atoms with Gasteiger partial charge in [0.15, 0.2) is 11.5 Å². The molecule has 3 aromatic rings. The lowest BCUT2D eigenvalue weighted by Gasteiger charge is -2.13. The quantitative estimate of drug-likeness (QED) is 0.334. The SMILES string of the molecule is COc1cc(CNCCCSc2nnnn2C)ccc1OCc1cccc(Cl)c1.Cl. The molecule has 0 atom stereocenters. The van der Waals surface area contributed by atoms with E-state index < -0.39 is 0 Å². The van der Waals surface area contributed by atoms with Crippen LogP contribution >= 0.6 is 35.8 Å². The molecule has 0 saturated heterocycles. The minimum absolute atomic E-state index is 0. The predicted octanol–water partition coefficient (Wildman–Crippen LogP) is 4.14. The van der Waals surface area contributed by atoms with E-state index in [1.54, 1.807) is 23.6 Å². The van der Waals surface area contributed by atoms with Crippen molar-refractivity contribution in [2.24, 2.45) is 7.05 Å². The normalized spacial score (nSPS) is 10.5. The topological polar surface area (TPSA) is 74.1 Å². The molecule has 0 spiro atoms. The number of tetrazole rings is 1. The van der Waals surface area contributed by atoms with Crippen LogP contribution in [0.25, 0.3) is 0 Å². The average molecular weight is 470 g/mol. The molecule has 0 bridgehead atoms. The first kappa shape index (κ1) is 24.3. The Morgan fingerprint density at radius 3 is 2.73 bits per heavy atom. The summed E-state index contributed by atoms with van der Waals surface area (Å²) < 4.78 is 13.1. The van der Waals surface area contributed by atoms with Crippen molar-refractivity contribution in [2.45, 2.75) is 24.7 Å². The fourth-order valence-corrected chi connectivity index (χ4v) is 3.67. The van der Waals surface area contributed by atoms with E-state index in [2.05, 4.69) is 20.8 Å². The summed E-state index contributed by atoms with van der Waals surface area (Å²) in [6.07, 6.45) is 1.02. The molecule has 0 aliphatic rings. The van der Waals surface area contributed by atoms with Crippen molar-refractivity contribution in [2.75, 3.05) is 19.4 Å². The Kier molecular flexibility index (Phi) is 10.2. The number of aromatic nitrogens is 4. The van der Waals surface area contributed by atoms with Crippen LogP contribution in [-0.2, 0) is 20.2 Å². The number of hydrogen-bond donors (Lipinski definition) is 1. The molecule has 1 aromatic heterocycles. The summed E-state index contributed by atoms with van der Waals surface area (Å²) in [6.45, 7) is 2.11. The minimum Gasteiger partial charge on any atom is -0.493 e. The van der Waals surface area contributed by atoms with Crippen LogP contribution in [0, 0.1) is 0 Å². The average Bonchev–Trinajstić information content (AvgIpc) is 3.14. The van der Waals surface area contributed by atoms with Gasteiger partial charge >= 0.3 is 0 Å². The number of ether oxygens (including phenoxy) is 2. The molecule has 7 nitrogen and oxygen atoms in total. The Morgan fingerprint density at radius 1 is 1.13 bits per heavy atom. The first-order valence-corrected chi connectivity index (χ1v) is 10.6. The van der Waals surface area contributed by atoms with Crippen molar-refractivity contribution in [3.8, 4) is 11.5 Å². The second kappa shape index (κ2) is 12.6. The van der Waals surface area contributed by atoms with E-state index >= 15 is 0 Å². The number of nitrogens with one attached hydrogen (secondary N) is 1. The van der Waals surface area contributed by atoms with Crippen LogP contribution in [0.3, 0.4) is 0 Å². The van der Waals surface area contributed by atoms with Crippen molar-refractivity contribution in [3.63, 3.8) is 0 Å². The Bertz CT molecular complexity index is 926. The van der Waals surface area contributed by atoms with Crippen LogP contribution in [0.15, 0.2) is 47.6 Å². The highest BCUT2D eigenvalue weighted by atomic mass is 35.5. The molecule has 0 radical (unpaired) electrons. The lowest BCUT2D eigenvalue weighted by Crippen LogP contribution is -2.15. The molecule has 1 N–H and O–H groups in total. The van der Waals surface area contributed by atoms with Crippen molar-refractivity contribution < 1.29 is 9.47 Å². The van der Waals surface area contributed by atoms with Crippen LogP contribution in [-0.4, -0.2) is 39.6 Å². The van der Waals surface area contributed by atoms with Crippen LogP contribution in [0.1, 0.15) is 17.5 Å². The second-order valence-electron chi connectivity index (χ2n) is 6.37. The molecular weight excluding hydrogens is 445 g/mol.